The normalized spacial score (nSPS) is 18.3. The molecule has 2 aromatic rings. The predicted octanol–water partition coefficient (Wildman–Crippen LogP) is 2.95. The van der Waals surface area contributed by atoms with Gasteiger partial charge in [0.1, 0.15) is 5.75 Å². The fraction of sp³-hybridized carbons (Fsp3) is 0.467. The van der Waals surface area contributed by atoms with Gasteiger partial charge in [-0.15, -0.1) is 0 Å². The van der Waals surface area contributed by atoms with E-state index in [0.717, 1.165) is 5.75 Å². The first kappa shape index (κ1) is 11.6. The monoisotopic (exact) mass is 244 g/mol. The highest BCUT2D eigenvalue weighted by Crippen LogP contribution is 2.46. The number of nitrogens with one attached hydrogen (secondary N) is 1. The largest absolute Gasteiger partial charge is 0.496 e. The Hall–Kier alpha value is -1.48. The molecule has 18 heavy (non-hydrogen) atoms. The molecule has 1 aliphatic rings. The van der Waals surface area contributed by atoms with Crippen LogP contribution in [-0.4, -0.2) is 18.6 Å². The quantitative estimate of drug-likeness (QED) is 0.872. The number of aromatic nitrogens is 1. The standard InChI is InChI=1S/C15H20N2O/c1-18-13-5-4-12-11(6-9-17-12)14(13)15(10-16)7-2-3-8-15/h4-6,9,17H,2-3,7-8,10,16H2,1H3. The lowest BCUT2D eigenvalue weighted by Gasteiger charge is -2.30. The van der Waals surface area contributed by atoms with Gasteiger partial charge in [-0.05, 0) is 31.0 Å². The summed E-state index contributed by atoms with van der Waals surface area (Å²) in [5, 5.41) is 1.27. The number of ether oxygens (including phenoxy) is 1. The van der Waals surface area contributed by atoms with Crippen LogP contribution in [-0.2, 0) is 5.41 Å². The van der Waals surface area contributed by atoms with Crippen LogP contribution < -0.4 is 10.5 Å². The maximum absolute atomic E-state index is 6.12. The summed E-state index contributed by atoms with van der Waals surface area (Å²) in [6, 6.07) is 6.28. The summed E-state index contributed by atoms with van der Waals surface area (Å²) >= 11 is 0. The third-order valence-corrected chi connectivity index (χ3v) is 4.40. The Labute approximate surface area is 107 Å². The molecule has 1 aliphatic carbocycles. The molecule has 0 saturated heterocycles. The lowest BCUT2D eigenvalue weighted by atomic mass is 9.77. The Morgan fingerprint density at radius 3 is 2.72 bits per heavy atom. The molecular formula is C15H20N2O. The maximum atomic E-state index is 6.12. The van der Waals surface area contributed by atoms with Gasteiger partial charge < -0.3 is 15.5 Å². The average molecular weight is 244 g/mol. The number of methoxy groups -OCH3 is 1. The molecule has 3 nitrogen and oxygen atoms in total. The molecule has 0 spiro atoms. The molecule has 0 aliphatic heterocycles. The highest BCUT2D eigenvalue weighted by Gasteiger charge is 2.37. The number of hydrogen-bond donors (Lipinski definition) is 2. The molecule has 0 amide bonds. The van der Waals surface area contributed by atoms with Crippen LogP contribution in [0, 0.1) is 0 Å². The fourth-order valence-corrected chi connectivity index (χ4v) is 3.44. The van der Waals surface area contributed by atoms with Crippen LogP contribution in [0.1, 0.15) is 31.2 Å². The van der Waals surface area contributed by atoms with Gasteiger partial charge in [0.05, 0.1) is 7.11 Å². The first-order valence-electron chi connectivity index (χ1n) is 6.65. The summed E-state index contributed by atoms with van der Waals surface area (Å²) in [4.78, 5) is 3.28. The number of nitrogens with two attached hydrogens (primary N) is 1. The summed E-state index contributed by atoms with van der Waals surface area (Å²) in [6.07, 6.45) is 6.86. The van der Waals surface area contributed by atoms with Gasteiger partial charge in [0, 0.05) is 34.6 Å². The van der Waals surface area contributed by atoms with Crippen molar-refractivity contribution in [1.29, 1.82) is 0 Å². The second-order valence-corrected chi connectivity index (χ2v) is 5.27. The van der Waals surface area contributed by atoms with E-state index < -0.39 is 0 Å². The zero-order valence-corrected chi connectivity index (χ0v) is 10.8. The molecule has 0 atom stereocenters. The number of rotatable bonds is 3. The van der Waals surface area contributed by atoms with Crippen molar-refractivity contribution in [3.8, 4) is 5.75 Å². The highest BCUT2D eigenvalue weighted by atomic mass is 16.5. The lowest BCUT2D eigenvalue weighted by Crippen LogP contribution is -2.32. The number of H-pyrrole nitrogens is 1. The van der Waals surface area contributed by atoms with Gasteiger partial charge in [-0.2, -0.15) is 0 Å². The van der Waals surface area contributed by atoms with E-state index in [-0.39, 0.29) is 5.41 Å². The van der Waals surface area contributed by atoms with Gasteiger partial charge in [0.15, 0.2) is 0 Å². The minimum absolute atomic E-state index is 0.104. The minimum Gasteiger partial charge on any atom is -0.496 e. The van der Waals surface area contributed by atoms with Crippen LogP contribution in [0.4, 0.5) is 0 Å². The molecule has 0 radical (unpaired) electrons. The maximum Gasteiger partial charge on any atom is 0.123 e. The van der Waals surface area contributed by atoms with Crippen molar-refractivity contribution in [3.05, 3.63) is 30.0 Å². The van der Waals surface area contributed by atoms with Gasteiger partial charge in [-0.1, -0.05) is 12.8 Å². The third-order valence-electron chi connectivity index (χ3n) is 4.40. The van der Waals surface area contributed by atoms with Gasteiger partial charge in [-0.3, -0.25) is 0 Å². The number of hydrogen-bond acceptors (Lipinski definition) is 2. The topological polar surface area (TPSA) is 51.0 Å². The smallest absolute Gasteiger partial charge is 0.123 e. The Bertz CT molecular complexity index is 553. The molecule has 1 aromatic carbocycles. The molecule has 3 N–H and O–H groups in total. The zero-order valence-electron chi connectivity index (χ0n) is 10.8. The molecule has 96 valence electrons. The molecule has 3 heteroatoms. The van der Waals surface area contributed by atoms with Crippen molar-refractivity contribution in [2.24, 2.45) is 5.73 Å². The molecule has 1 aromatic heterocycles. The van der Waals surface area contributed by atoms with Gasteiger partial charge in [-0.25, -0.2) is 0 Å². The summed E-state index contributed by atoms with van der Waals surface area (Å²) in [7, 11) is 1.75. The van der Waals surface area contributed by atoms with Gasteiger partial charge in [0.2, 0.25) is 0 Å². The molecule has 1 saturated carbocycles. The van der Waals surface area contributed by atoms with Crippen molar-refractivity contribution in [1.82, 2.24) is 4.98 Å². The van der Waals surface area contributed by atoms with Crippen molar-refractivity contribution in [3.63, 3.8) is 0 Å². The lowest BCUT2D eigenvalue weighted by molar-refractivity contribution is 0.380. The summed E-state index contributed by atoms with van der Waals surface area (Å²) < 4.78 is 5.59. The van der Waals surface area contributed by atoms with Crippen LogP contribution in [0.25, 0.3) is 10.9 Å². The summed E-state index contributed by atoms with van der Waals surface area (Å²) in [5.41, 5.74) is 8.70. The number of aromatic amines is 1. The summed E-state index contributed by atoms with van der Waals surface area (Å²) in [6.45, 7) is 0.702. The van der Waals surface area contributed by atoms with E-state index in [0.29, 0.717) is 6.54 Å². The first-order chi connectivity index (χ1) is 8.80. The molecule has 0 bridgehead atoms. The minimum atomic E-state index is 0.104. The molecule has 1 heterocycles. The number of benzene rings is 1. The van der Waals surface area contributed by atoms with Crippen molar-refractivity contribution in [2.45, 2.75) is 31.1 Å². The summed E-state index contributed by atoms with van der Waals surface area (Å²) in [5.74, 6) is 0.981. The third kappa shape index (κ3) is 1.54. The van der Waals surface area contributed by atoms with E-state index in [9.17, 15) is 0 Å². The first-order valence-corrected chi connectivity index (χ1v) is 6.65. The zero-order chi connectivity index (χ0) is 12.6. The number of fused-ring (bicyclic) bond motifs is 1. The fourth-order valence-electron chi connectivity index (χ4n) is 3.44. The van der Waals surface area contributed by atoms with Crippen LogP contribution in [0.3, 0.4) is 0 Å². The Morgan fingerprint density at radius 1 is 1.28 bits per heavy atom. The molecule has 3 rings (SSSR count). The van der Waals surface area contributed by atoms with Crippen molar-refractivity contribution >= 4 is 10.9 Å². The van der Waals surface area contributed by atoms with E-state index in [2.05, 4.69) is 23.2 Å². The second-order valence-electron chi connectivity index (χ2n) is 5.27. The second kappa shape index (κ2) is 4.32. The SMILES string of the molecule is COc1ccc2[nH]ccc2c1C1(CN)CCCC1. The van der Waals surface area contributed by atoms with E-state index in [4.69, 9.17) is 10.5 Å². The Morgan fingerprint density at radius 2 is 2.06 bits per heavy atom. The predicted molar refractivity (Wildman–Crippen MR) is 74.1 cm³/mol. The van der Waals surface area contributed by atoms with Crippen molar-refractivity contribution in [2.75, 3.05) is 13.7 Å². The van der Waals surface area contributed by atoms with Crippen LogP contribution >= 0.6 is 0 Å². The van der Waals surface area contributed by atoms with E-state index in [1.54, 1.807) is 7.11 Å². The average Bonchev–Trinajstić information content (AvgIpc) is 3.06. The van der Waals surface area contributed by atoms with Gasteiger partial charge in [0.25, 0.3) is 0 Å². The van der Waals surface area contributed by atoms with E-state index in [1.807, 2.05) is 6.20 Å². The van der Waals surface area contributed by atoms with E-state index in [1.165, 1.54) is 42.1 Å². The van der Waals surface area contributed by atoms with E-state index >= 15 is 0 Å². The van der Waals surface area contributed by atoms with Crippen LogP contribution in [0.15, 0.2) is 24.4 Å². The molecule has 0 unspecified atom stereocenters. The highest BCUT2D eigenvalue weighted by molar-refractivity contribution is 5.86. The van der Waals surface area contributed by atoms with Crippen molar-refractivity contribution < 1.29 is 4.74 Å². The van der Waals surface area contributed by atoms with Crippen LogP contribution in [0.2, 0.25) is 0 Å². The molecular weight excluding hydrogens is 224 g/mol. The Balaban J connectivity index is 2.27. The Kier molecular flexibility index (Phi) is 2.78. The van der Waals surface area contributed by atoms with Gasteiger partial charge >= 0.3 is 0 Å². The molecule has 1 fully saturated rings. The van der Waals surface area contributed by atoms with Crippen LogP contribution in [0.5, 0.6) is 5.75 Å².